The van der Waals surface area contributed by atoms with Gasteiger partial charge in [-0.15, -0.1) is 0 Å². The molecule has 0 radical (unpaired) electrons. The molecule has 0 heterocycles. The van der Waals surface area contributed by atoms with Gasteiger partial charge in [0, 0.05) is 5.56 Å². The number of benzene rings is 3. The van der Waals surface area contributed by atoms with Gasteiger partial charge in [0.05, 0.1) is 13.2 Å². The molecular formula is C32H39NO3Si. The van der Waals surface area contributed by atoms with Crippen LogP contribution >= 0.6 is 0 Å². The molecule has 4 nitrogen and oxygen atoms in total. The molecule has 0 aromatic heterocycles. The van der Waals surface area contributed by atoms with Gasteiger partial charge in [0.2, 0.25) is 0 Å². The molecule has 3 rings (SSSR count). The monoisotopic (exact) mass is 513 g/mol. The Morgan fingerprint density at radius 2 is 1.54 bits per heavy atom. The summed E-state index contributed by atoms with van der Waals surface area (Å²) in [7, 11) is -1.79. The van der Waals surface area contributed by atoms with Crippen LogP contribution in [0.2, 0.25) is 18.1 Å². The van der Waals surface area contributed by atoms with Crippen molar-refractivity contribution in [2.75, 3.05) is 6.54 Å². The summed E-state index contributed by atoms with van der Waals surface area (Å²) in [6, 6.07) is 24.6. The highest BCUT2D eigenvalue weighted by Gasteiger charge is 2.36. The highest BCUT2D eigenvalue weighted by molar-refractivity contribution is 6.74. The fourth-order valence-corrected chi connectivity index (χ4v) is 4.42. The fourth-order valence-electron chi connectivity index (χ4n) is 3.46. The van der Waals surface area contributed by atoms with Crippen LogP contribution in [0, 0.1) is 11.8 Å². The second-order valence-electron chi connectivity index (χ2n) is 10.7. The molecule has 1 N–H and O–H groups in total. The van der Waals surface area contributed by atoms with Crippen LogP contribution < -0.4 is 5.32 Å². The van der Waals surface area contributed by atoms with Gasteiger partial charge in [-0.3, -0.25) is 0 Å². The molecule has 0 unspecified atom stereocenters. The molecule has 194 valence electrons. The van der Waals surface area contributed by atoms with Crippen molar-refractivity contribution >= 4 is 14.4 Å². The molecule has 0 atom stereocenters. The van der Waals surface area contributed by atoms with Gasteiger partial charge in [-0.05, 0) is 58.4 Å². The number of ether oxygens (including phenoxy) is 1. The normalized spacial score (nSPS) is 11.4. The minimum atomic E-state index is -1.79. The van der Waals surface area contributed by atoms with Crippen molar-refractivity contribution in [3.63, 3.8) is 0 Å². The first kappa shape index (κ1) is 28.2. The zero-order chi connectivity index (χ0) is 26.9. The zero-order valence-corrected chi connectivity index (χ0v) is 24.0. The maximum Gasteiger partial charge on any atom is 0.408 e. The molecule has 0 bridgehead atoms. The molecule has 5 heteroatoms. The second-order valence-corrected chi connectivity index (χ2v) is 15.5. The van der Waals surface area contributed by atoms with E-state index in [0.717, 1.165) is 28.7 Å². The van der Waals surface area contributed by atoms with Crippen molar-refractivity contribution in [1.82, 2.24) is 5.32 Å². The summed E-state index contributed by atoms with van der Waals surface area (Å²) in [5.74, 6) is 6.33. The van der Waals surface area contributed by atoms with E-state index in [2.05, 4.69) is 100 Å². The Morgan fingerprint density at radius 3 is 2.19 bits per heavy atom. The molecule has 0 aliphatic carbocycles. The van der Waals surface area contributed by atoms with Crippen LogP contribution in [0.3, 0.4) is 0 Å². The van der Waals surface area contributed by atoms with Crippen molar-refractivity contribution in [1.29, 1.82) is 0 Å². The molecular weight excluding hydrogens is 474 g/mol. The number of nitrogens with one attached hydrogen (secondary N) is 1. The Hall–Kier alpha value is -3.33. The van der Waals surface area contributed by atoms with E-state index in [-0.39, 0.29) is 18.2 Å². The summed E-state index contributed by atoms with van der Waals surface area (Å²) >= 11 is 0. The Labute approximate surface area is 223 Å². The Bertz CT molecular complexity index is 1230. The van der Waals surface area contributed by atoms with Crippen LogP contribution in [-0.2, 0) is 28.8 Å². The predicted octanol–water partition coefficient (Wildman–Crippen LogP) is 7.72. The number of alkyl carbamates (subject to hydrolysis) is 1. The van der Waals surface area contributed by atoms with Gasteiger partial charge >= 0.3 is 6.09 Å². The number of hydrogen-bond acceptors (Lipinski definition) is 3. The zero-order valence-electron chi connectivity index (χ0n) is 23.0. The van der Waals surface area contributed by atoms with E-state index in [4.69, 9.17) is 9.16 Å². The molecule has 0 saturated heterocycles. The van der Waals surface area contributed by atoms with Gasteiger partial charge < -0.3 is 14.5 Å². The van der Waals surface area contributed by atoms with E-state index in [1.807, 2.05) is 30.3 Å². The Morgan fingerprint density at radius 1 is 0.892 bits per heavy atom. The number of rotatable bonds is 8. The molecule has 0 aliphatic rings. The van der Waals surface area contributed by atoms with Crippen LogP contribution in [0.1, 0.15) is 49.9 Å². The highest BCUT2D eigenvalue weighted by atomic mass is 28.4. The number of hydrogen-bond donors (Lipinski definition) is 1. The van der Waals surface area contributed by atoms with E-state index >= 15 is 0 Å². The van der Waals surface area contributed by atoms with Gasteiger partial charge in [-0.25, -0.2) is 4.79 Å². The minimum absolute atomic E-state index is 0.190. The van der Waals surface area contributed by atoms with Crippen LogP contribution in [-0.4, -0.2) is 21.0 Å². The number of carbonyl (C=O) groups is 1. The molecule has 3 aromatic rings. The lowest BCUT2D eigenvalue weighted by Gasteiger charge is -2.36. The third kappa shape index (κ3) is 8.35. The lowest BCUT2D eigenvalue weighted by molar-refractivity contribution is 0.141. The standard InChI is InChI=1S/C32H39NO3Si/c1-7-25-17-20-30(28-18-15-27(16-19-28)24-36-37(5,6)32(2,3)4)29(22-25)14-11-21-33-31(34)35-23-26-12-9-8-10-13-26/h8-10,12-13,15-20,22H,7,21,23-24H2,1-6H3,(H,33,34). The minimum Gasteiger partial charge on any atom is -0.445 e. The first-order chi connectivity index (χ1) is 17.6. The molecule has 0 aliphatic heterocycles. The first-order valence-electron chi connectivity index (χ1n) is 12.9. The summed E-state index contributed by atoms with van der Waals surface area (Å²) in [4.78, 5) is 12.0. The molecule has 0 fully saturated rings. The van der Waals surface area contributed by atoms with E-state index in [1.165, 1.54) is 11.1 Å². The lowest BCUT2D eigenvalue weighted by Crippen LogP contribution is -2.40. The first-order valence-corrected chi connectivity index (χ1v) is 15.8. The quantitative estimate of drug-likeness (QED) is 0.248. The number of amides is 1. The Balaban J connectivity index is 1.65. The van der Waals surface area contributed by atoms with E-state index in [0.29, 0.717) is 6.61 Å². The van der Waals surface area contributed by atoms with Crippen LogP contribution in [0.15, 0.2) is 72.8 Å². The van der Waals surface area contributed by atoms with Crippen LogP contribution in [0.4, 0.5) is 4.79 Å². The number of carbonyl (C=O) groups excluding carboxylic acids is 1. The second kappa shape index (κ2) is 12.8. The van der Waals surface area contributed by atoms with Crippen molar-refractivity contribution in [2.24, 2.45) is 0 Å². The van der Waals surface area contributed by atoms with Crippen molar-refractivity contribution < 1.29 is 14.0 Å². The maximum atomic E-state index is 12.0. The van der Waals surface area contributed by atoms with Gasteiger partial charge in [-0.2, -0.15) is 0 Å². The molecule has 0 saturated carbocycles. The smallest absolute Gasteiger partial charge is 0.408 e. The van der Waals surface area contributed by atoms with Crippen molar-refractivity contribution in [3.05, 3.63) is 95.1 Å². The van der Waals surface area contributed by atoms with Gasteiger partial charge in [0.25, 0.3) is 0 Å². The SMILES string of the molecule is CCc1ccc(-c2ccc(CO[Si](C)(C)C(C)(C)C)cc2)c(C#CCNC(=O)OCc2ccccc2)c1. The van der Waals surface area contributed by atoms with Gasteiger partial charge in [0.1, 0.15) is 6.61 Å². The predicted molar refractivity (Wildman–Crippen MR) is 155 cm³/mol. The third-order valence-electron chi connectivity index (χ3n) is 6.92. The highest BCUT2D eigenvalue weighted by Crippen LogP contribution is 2.37. The molecule has 37 heavy (non-hydrogen) atoms. The van der Waals surface area contributed by atoms with E-state index in [9.17, 15) is 4.79 Å². The topological polar surface area (TPSA) is 47.6 Å². The van der Waals surface area contributed by atoms with Crippen molar-refractivity contribution in [3.8, 4) is 23.0 Å². The van der Waals surface area contributed by atoms with E-state index in [1.54, 1.807) is 0 Å². The van der Waals surface area contributed by atoms with Crippen LogP contribution in [0.5, 0.6) is 0 Å². The van der Waals surface area contributed by atoms with E-state index < -0.39 is 14.4 Å². The summed E-state index contributed by atoms with van der Waals surface area (Å²) in [6.07, 6.45) is 0.458. The molecule has 0 spiro atoms. The summed E-state index contributed by atoms with van der Waals surface area (Å²) < 4.78 is 11.6. The summed E-state index contributed by atoms with van der Waals surface area (Å²) in [5.41, 5.74) is 6.48. The average molecular weight is 514 g/mol. The number of aryl methyl sites for hydroxylation is 1. The largest absolute Gasteiger partial charge is 0.445 e. The maximum absolute atomic E-state index is 12.0. The van der Waals surface area contributed by atoms with Gasteiger partial charge in [0.15, 0.2) is 8.32 Å². The molecule has 3 aromatic carbocycles. The lowest BCUT2D eigenvalue weighted by atomic mass is 9.96. The van der Waals surface area contributed by atoms with Gasteiger partial charge in [-0.1, -0.05) is 106 Å². The Kier molecular flexibility index (Phi) is 9.74. The average Bonchev–Trinajstić information content (AvgIpc) is 2.89. The van der Waals surface area contributed by atoms with Crippen molar-refractivity contribution in [2.45, 2.75) is 65.5 Å². The summed E-state index contributed by atoms with van der Waals surface area (Å²) in [5, 5.41) is 2.90. The summed E-state index contributed by atoms with van der Waals surface area (Å²) in [6.45, 7) is 14.5. The van der Waals surface area contributed by atoms with Crippen LogP contribution in [0.25, 0.3) is 11.1 Å². The third-order valence-corrected chi connectivity index (χ3v) is 11.4. The fraction of sp³-hybridized carbons (Fsp3) is 0.344. The molecule has 1 amide bonds.